The van der Waals surface area contributed by atoms with Crippen molar-refractivity contribution in [2.24, 2.45) is 0 Å². The second kappa shape index (κ2) is 5.95. The van der Waals surface area contributed by atoms with E-state index in [1.807, 2.05) is 30.3 Å². The van der Waals surface area contributed by atoms with Crippen LogP contribution >= 0.6 is 11.3 Å². The van der Waals surface area contributed by atoms with Gasteiger partial charge in [0.1, 0.15) is 24.2 Å². The number of nitrogens with one attached hydrogen (secondary N) is 1. The summed E-state index contributed by atoms with van der Waals surface area (Å²) in [7, 11) is 0. The van der Waals surface area contributed by atoms with E-state index in [1.165, 1.54) is 16.2 Å². The molecule has 102 valence electrons. The predicted molar refractivity (Wildman–Crippen MR) is 77.0 cm³/mol. The molecule has 0 atom stereocenters. The molecule has 0 aliphatic carbocycles. The molecule has 1 N–H and O–H groups in total. The van der Waals surface area contributed by atoms with Crippen molar-refractivity contribution in [2.45, 2.75) is 13.1 Å². The fourth-order valence-electron chi connectivity index (χ4n) is 2.06. The summed E-state index contributed by atoms with van der Waals surface area (Å²) in [6, 6.07) is 12.0. The lowest BCUT2D eigenvalue weighted by Gasteiger charge is -2.18. The van der Waals surface area contributed by atoms with Crippen LogP contribution in [-0.2, 0) is 13.1 Å². The van der Waals surface area contributed by atoms with Gasteiger partial charge in [-0.2, -0.15) is 5.26 Å². The van der Waals surface area contributed by atoms with Gasteiger partial charge in [-0.3, -0.25) is 0 Å². The molecule has 0 spiro atoms. The van der Waals surface area contributed by atoms with E-state index < -0.39 is 0 Å². The van der Waals surface area contributed by atoms with Gasteiger partial charge in [-0.15, -0.1) is 11.3 Å². The lowest BCUT2D eigenvalue weighted by atomic mass is 10.2. The number of ether oxygens (including phenoxy) is 2. The minimum absolute atomic E-state index is 0.607. The molecular weight excluding hydrogens is 272 g/mol. The Labute approximate surface area is 121 Å². The number of thiophene rings is 1. The molecule has 1 aliphatic heterocycles. The van der Waals surface area contributed by atoms with Crippen molar-refractivity contribution >= 4 is 11.3 Å². The Bertz CT molecular complexity index is 646. The van der Waals surface area contributed by atoms with E-state index in [2.05, 4.69) is 11.4 Å². The largest absolute Gasteiger partial charge is 0.486 e. The van der Waals surface area contributed by atoms with Crippen LogP contribution in [0.5, 0.6) is 11.5 Å². The maximum absolute atomic E-state index is 8.78. The van der Waals surface area contributed by atoms with Gasteiger partial charge in [0.05, 0.1) is 0 Å². The van der Waals surface area contributed by atoms with E-state index in [9.17, 15) is 0 Å². The molecule has 0 fully saturated rings. The van der Waals surface area contributed by atoms with Gasteiger partial charge in [-0.1, -0.05) is 6.07 Å². The molecule has 1 aromatic heterocycles. The van der Waals surface area contributed by atoms with E-state index >= 15 is 0 Å². The summed E-state index contributed by atoms with van der Waals surface area (Å²) in [6.45, 7) is 2.75. The van der Waals surface area contributed by atoms with Gasteiger partial charge < -0.3 is 14.8 Å². The molecule has 5 heteroatoms. The fraction of sp³-hybridized carbons (Fsp3) is 0.267. The van der Waals surface area contributed by atoms with E-state index in [-0.39, 0.29) is 0 Å². The van der Waals surface area contributed by atoms with Gasteiger partial charge in [-0.25, -0.2) is 0 Å². The SMILES string of the molecule is N#Cc1ccc(CNCc2ccc3c(c2)OCCO3)s1. The molecule has 20 heavy (non-hydrogen) atoms. The number of fused-ring (bicyclic) bond motifs is 1. The van der Waals surface area contributed by atoms with E-state index in [1.54, 1.807) is 0 Å². The summed E-state index contributed by atoms with van der Waals surface area (Å²) in [5.74, 6) is 1.63. The van der Waals surface area contributed by atoms with Gasteiger partial charge in [0.25, 0.3) is 0 Å². The quantitative estimate of drug-likeness (QED) is 0.939. The van der Waals surface area contributed by atoms with Crippen molar-refractivity contribution in [3.63, 3.8) is 0 Å². The van der Waals surface area contributed by atoms with Gasteiger partial charge in [0.2, 0.25) is 0 Å². The zero-order valence-electron chi connectivity index (χ0n) is 10.9. The first kappa shape index (κ1) is 13.0. The summed E-state index contributed by atoms with van der Waals surface area (Å²) in [5, 5.41) is 12.1. The molecule has 2 heterocycles. The van der Waals surface area contributed by atoms with Crippen LogP contribution in [0.15, 0.2) is 30.3 Å². The highest BCUT2D eigenvalue weighted by atomic mass is 32.1. The molecular formula is C15H14N2O2S. The zero-order chi connectivity index (χ0) is 13.8. The number of hydrogen-bond acceptors (Lipinski definition) is 5. The number of benzene rings is 1. The van der Waals surface area contributed by atoms with Crippen molar-refractivity contribution in [3.8, 4) is 17.6 Å². The normalized spacial score (nSPS) is 12.9. The molecule has 1 aliphatic rings. The molecule has 0 radical (unpaired) electrons. The molecule has 0 bridgehead atoms. The van der Waals surface area contributed by atoms with Gasteiger partial charge in [0, 0.05) is 18.0 Å². The summed E-state index contributed by atoms with van der Waals surface area (Å²) >= 11 is 1.52. The van der Waals surface area contributed by atoms with Crippen LogP contribution in [0, 0.1) is 11.3 Å². The van der Waals surface area contributed by atoms with Crippen LogP contribution < -0.4 is 14.8 Å². The van der Waals surface area contributed by atoms with Crippen LogP contribution in [0.1, 0.15) is 15.3 Å². The smallest absolute Gasteiger partial charge is 0.161 e. The van der Waals surface area contributed by atoms with Crippen LogP contribution in [0.2, 0.25) is 0 Å². The molecule has 2 aromatic rings. The molecule has 4 nitrogen and oxygen atoms in total. The third-order valence-corrected chi connectivity index (χ3v) is 4.00. The van der Waals surface area contributed by atoms with Crippen LogP contribution in [0.4, 0.5) is 0 Å². The minimum Gasteiger partial charge on any atom is -0.486 e. The Morgan fingerprint density at radius 1 is 1.10 bits per heavy atom. The first-order valence-electron chi connectivity index (χ1n) is 6.43. The van der Waals surface area contributed by atoms with Crippen LogP contribution in [0.25, 0.3) is 0 Å². The zero-order valence-corrected chi connectivity index (χ0v) is 11.7. The van der Waals surface area contributed by atoms with Gasteiger partial charge in [0.15, 0.2) is 11.5 Å². The summed E-state index contributed by atoms with van der Waals surface area (Å²) in [6.07, 6.45) is 0. The second-order valence-electron chi connectivity index (χ2n) is 4.46. The monoisotopic (exact) mass is 286 g/mol. The maximum atomic E-state index is 8.78. The minimum atomic E-state index is 0.607. The highest BCUT2D eigenvalue weighted by molar-refractivity contribution is 7.12. The van der Waals surface area contributed by atoms with E-state index in [0.717, 1.165) is 35.0 Å². The Morgan fingerprint density at radius 2 is 1.95 bits per heavy atom. The molecule has 0 saturated carbocycles. The molecule has 0 unspecified atom stereocenters. The Morgan fingerprint density at radius 3 is 2.75 bits per heavy atom. The number of nitrogens with zero attached hydrogens (tertiary/aromatic N) is 1. The highest BCUT2D eigenvalue weighted by Crippen LogP contribution is 2.30. The Balaban J connectivity index is 1.57. The predicted octanol–water partition coefficient (Wildman–Crippen LogP) is 2.68. The fourth-order valence-corrected chi connectivity index (χ4v) is 2.84. The van der Waals surface area contributed by atoms with Crippen LogP contribution in [0.3, 0.4) is 0 Å². The maximum Gasteiger partial charge on any atom is 0.161 e. The van der Waals surface area contributed by atoms with Crippen molar-refractivity contribution in [3.05, 3.63) is 45.6 Å². The summed E-state index contributed by atoms with van der Waals surface area (Å²) in [5.41, 5.74) is 1.16. The standard InChI is InChI=1S/C15H14N2O2S/c16-8-12-2-3-13(20-12)10-17-9-11-1-4-14-15(7-11)19-6-5-18-14/h1-4,7,17H,5-6,9-10H2. The highest BCUT2D eigenvalue weighted by Gasteiger charge is 2.11. The van der Waals surface area contributed by atoms with Crippen molar-refractivity contribution < 1.29 is 9.47 Å². The summed E-state index contributed by atoms with van der Waals surface area (Å²) in [4.78, 5) is 1.92. The van der Waals surface area contributed by atoms with Crippen molar-refractivity contribution in [1.82, 2.24) is 5.32 Å². The number of hydrogen-bond donors (Lipinski definition) is 1. The molecule has 3 rings (SSSR count). The summed E-state index contributed by atoms with van der Waals surface area (Å²) < 4.78 is 11.1. The van der Waals surface area contributed by atoms with Crippen LogP contribution in [-0.4, -0.2) is 13.2 Å². The first-order chi connectivity index (χ1) is 9.85. The van der Waals surface area contributed by atoms with E-state index in [4.69, 9.17) is 14.7 Å². The average molecular weight is 286 g/mol. The van der Waals surface area contributed by atoms with E-state index in [0.29, 0.717) is 13.2 Å². The third kappa shape index (κ3) is 2.93. The molecule has 0 amide bonds. The topological polar surface area (TPSA) is 54.3 Å². The lowest BCUT2D eigenvalue weighted by Crippen LogP contribution is -2.16. The van der Waals surface area contributed by atoms with Crippen molar-refractivity contribution in [2.75, 3.05) is 13.2 Å². The third-order valence-electron chi connectivity index (χ3n) is 3.01. The average Bonchev–Trinajstić information content (AvgIpc) is 2.95. The second-order valence-corrected chi connectivity index (χ2v) is 5.63. The first-order valence-corrected chi connectivity index (χ1v) is 7.25. The molecule has 0 saturated heterocycles. The van der Waals surface area contributed by atoms with Crippen molar-refractivity contribution in [1.29, 1.82) is 5.26 Å². The number of nitriles is 1. The Kier molecular flexibility index (Phi) is 3.86. The number of rotatable bonds is 4. The molecule has 1 aromatic carbocycles. The lowest BCUT2D eigenvalue weighted by molar-refractivity contribution is 0.171. The van der Waals surface area contributed by atoms with Gasteiger partial charge in [-0.05, 0) is 29.8 Å². The van der Waals surface area contributed by atoms with Gasteiger partial charge >= 0.3 is 0 Å². The Hall–Kier alpha value is -2.03.